The van der Waals surface area contributed by atoms with E-state index in [0.717, 1.165) is 52.6 Å². The second-order valence-corrected chi connectivity index (χ2v) is 4.67. The zero-order chi connectivity index (χ0) is 11.1. The fraction of sp³-hybridized carbons (Fsp3) is 1.00. The maximum atomic E-state index is 5.63. The van der Waals surface area contributed by atoms with E-state index >= 15 is 0 Å². The standard InChI is InChI=1S/C12H23NO3/c1-2-12(10-14-5-1)13-4-7-16-9-11-3-6-15-8-11/h11-13H,1-10H2. The first kappa shape index (κ1) is 12.3. The van der Waals surface area contributed by atoms with Crippen LogP contribution in [-0.2, 0) is 14.2 Å². The fourth-order valence-electron chi connectivity index (χ4n) is 2.20. The Labute approximate surface area is 97.6 Å². The van der Waals surface area contributed by atoms with Gasteiger partial charge in [0.25, 0.3) is 0 Å². The molecule has 2 heterocycles. The van der Waals surface area contributed by atoms with Gasteiger partial charge in [-0.3, -0.25) is 0 Å². The summed E-state index contributed by atoms with van der Waals surface area (Å²) in [6.45, 7) is 6.15. The van der Waals surface area contributed by atoms with Crippen LogP contribution in [0.1, 0.15) is 19.3 Å². The lowest BCUT2D eigenvalue weighted by Gasteiger charge is -2.23. The summed E-state index contributed by atoms with van der Waals surface area (Å²) < 4.78 is 16.3. The van der Waals surface area contributed by atoms with Crippen LogP contribution in [0.5, 0.6) is 0 Å². The average molecular weight is 229 g/mol. The molecule has 0 aromatic rings. The zero-order valence-electron chi connectivity index (χ0n) is 9.95. The van der Waals surface area contributed by atoms with Gasteiger partial charge in [0.1, 0.15) is 0 Å². The van der Waals surface area contributed by atoms with Gasteiger partial charge < -0.3 is 19.5 Å². The highest BCUT2D eigenvalue weighted by molar-refractivity contribution is 4.69. The van der Waals surface area contributed by atoms with Gasteiger partial charge in [-0.25, -0.2) is 0 Å². The van der Waals surface area contributed by atoms with Crippen LogP contribution < -0.4 is 5.32 Å². The normalized spacial score (nSPS) is 30.8. The van der Waals surface area contributed by atoms with Crippen molar-refractivity contribution in [3.8, 4) is 0 Å². The lowest BCUT2D eigenvalue weighted by atomic mass is 10.1. The summed E-state index contributed by atoms with van der Waals surface area (Å²) in [5.41, 5.74) is 0. The fourth-order valence-corrected chi connectivity index (χ4v) is 2.20. The molecule has 2 aliphatic heterocycles. The van der Waals surface area contributed by atoms with Crippen molar-refractivity contribution in [2.75, 3.05) is 46.2 Å². The Morgan fingerprint density at radius 3 is 2.81 bits per heavy atom. The van der Waals surface area contributed by atoms with Crippen LogP contribution in [0.15, 0.2) is 0 Å². The minimum absolute atomic E-state index is 0.534. The second-order valence-electron chi connectivity index (χ2n) is 4.67. The van der Waals surface area contributed by atoms with E-state index in [1.54, 1.807) is 0 Å². The molecule has 0 bridgehead atoms. The topological polar surface area (TPSA) is 39.7 Å². The number of ether oxygens (including phenoxy) is 3. The molecular weight excluding hydrogens is 206 g/mol. The smallest absolute Gasteiger partial charge is 0.0619 e. The first-order chi connectivity index (χ1) is 7.95. The van der Waals surface area contributed by atoms with Crippen molar-refractivity contribution in [3.63, 3.8) is 0 Å². The van der Waals surface area contributed by atoms with E-state index in [2.05, 4.69) is 5.32 Å². The first-order valence-corrected chi connectivity index (χ1v) is 6.42. The summed E-state index contributed by atoms with van der Waals surface area (Å²) >= 11 is 0. The molecular formula is C12H23NO3. The number of nitrogens with one attached hydrogen (secondary N) is 1. The Bertz CT molecular complexity index is 177. The highest BCUT2D eigenvalue weighted by atomic mass is 16.5. The third kappa shape index (κ3) is 4.37. The Morgan fingerprint density at radius 1 is 1.12 bits per heavy atom. The van der Waals surface area contributed by atoms with Crippen molar-refractivity contribution in [2.24, 2.45) is 5.92 Å². The van der Waals surface area contributed by atoms with E-state index in [9.17, 15) is 0 Å². The summed E-state index contributed by atoms with van der Waals surface area (Å²) in [5, 5.41) is 3.47. The van der Waals surface area contributed by atoms with Crippen molar-refractivity contribution in [1.82, 2.24) is 5.32 Å². The molecule has 0 amide bonds. The minimum atomic E-state index is 0.534. The third-order valence-electron chi connectivity index (χ3n) is 3.22. The van der Waals surface area contributed by atoms with Gasteiger partial charge in [0, 0.05) is 31.7 Å². The highest BCUT2D eigenvalue weighted by Crippen LogP contribution is 2.12. The van der Waals surface area contributed by atoms with Gasteiger partial charge >= 0.3 is 0 Å². The van der Waals surface area contributed by atoms with Crippen LogP contribution in [0.2, 0.25) is 0 Å². The average Bonchev–Trinajstić information content (AvgIpc) is 2.83. The SMILES string of the molecule is C1COCC(NCCOCC2CCOC2)C1. The second kappa shape index (κ2) is 7.22. The molecule has 4 heteroatoms. The van der Waals surface area contributed by atoms with Crippen molar-refractivity contribution >= 4 is 0 Å². The zero-order valence-corrected chi connectivity index (χ0v) is 9.95. The predicted molar refractivity (Wildman–Crippen MR) is 61.6 cm³/mol. The molecule has 4 nitrogen and oxygen atoms in total. The molecule has 0 aromatic carbocycles. The van der Waals surface area contributed by atoms with Crippen LogP contribution in [-0.4, -0.2) is 52.2 Å². The Morgan fingerprint density at radius 2 is 2.06 bits per heavy atom. The quantitative estimate of drug-likeness (QED) is 0.684. The molecule has 2 aliphatic rings. The maximum absolute atomic E-state index is 5.63. The first-order valence-electron chi connectivity index (χ1n) is 6.42. The summed E-state index contributed by atoms with van der Waals surface area (Å²) in [6.07, 6.45) is 3.57. The molecule has 2 saturated heterocycles. The molecule has 0 aliphatic carbocycles. The van der Waals surface area contributed by atoms with Gasteiger partial charge in [0.15, 0.2) is 0 Å². The lowest BCUT2D eigenvalue weighted by Crippen LogP contribution is -2.38. The summed E-state index contributed by atoms with van der Waals surface area (Å²) in [7, 11) is 0. The van der Waals surface area contributed by atoms with Crippen LogP contribution in [0, 0.1) is 5.92 Å². The molecule has 2 atom stereocenters. The molecule has 94 valence electrons. The largest absolute Gasteiger partial charge is 0.381 e. The molecule has 0 spiro atoms. The van der Waals surface area contributed by atoms with Gasteiger partial charge in [-0.2, -0.15) is 0 Å². The van der Waals surface area contributed by atoms with E-state index in [1.807, 2.05) is 0 Å². The third-order valence-corrected chi connectivity index (χ3v) is 3.22. The van der Waals surface area contributed by atoms with Gasteiger partial charge in [-0.1, -0.05) is 0 Å². The number of hydrogen-bond donors (Lipinski definition) is 1. The van der Waals surface area contributed by atoms with Gasteiger partial charge in [0.05, 0.1) is 26.4 Å². The molecule has 0 aromatic heterocycles. The Hall–Kier alpha value is -0.160. The van der Waals surface area contributed by atoms with Crippen LogP contribution in [0.3, 0.4) is 0 Å². The van der Waals surface area contributed by atoms with Crippen molar-refractivity contribution in [1.29, 1.82) is 0 Å². The van der Waals surface area contributed by atoms with Gasteiger partial charge in [-0.05, 0) is 19.3 Å². The highest BCUT2D eigenvalue weighted by Gasteiger charge is 2.15. The molecule has 2 rings (SSSR count). The van der Waals surface area contributed by atoms with E-state index in [4.69, 9.17) is 14.2 Å². The van der Waals surface area contributed by atoms with E-state index in [-0.39, 0.29) is 0 Å². The van der Waals surface area contributed by atoms with E-state index in [0.29, 0.717) is 12.0 Å². The summed E-state index contributed by atoms with van der Waals surface area (Å²) in [5.74, 6) is 0.623. The molecule has 0 radical (unpaired) electrons. The molecule has 1 N–H and O–H groups in total. The number of hydrogen-bond acceptors (Lipinski definition) is 4. The molecule has 2 unspecified atom stereocenters. The molecule has 0 saturated carbocycles. The Kier molecular flexibility index (Phi) is 5.55. The summed E-state index contributed by atoms with van der Waals surface area (Å²) in [6, 6.07) is 0.534. The van der Waals surface area contributed by atoms with Crippen LogP contribution in [0.25, 0.3) is 0 Å². The van der Waals surface area contributed by atoms with Gasteiger partial charge in [-0.15, -0.1) is 0 Å². The van der Waals surface area contributed by atoms with Gasteiger partial charge in [0.2, 0.25) is 0 Å². The van der Waals surface area contributed by atoms with Crippen molar-refractivity contribution in [3.05, 3.63) is 0 Å². The lowest BCUT2D eigenvalue weighted by molar-refractivity contribution is 0.0599. The molecule has 2 fully saturated rings. The van der Waals surface area contributed by atoms with E-state index in [1.165, 1.54) is 12.8 Å². The predicted octanol–water partition coefficient (Wildman–Crippen LogP) is 0.808. The van der Waals surface area contributed by atoms with Crippen LogP contribution in [0.4, 0.5) is 0 Å². The van der Waals surface area contributed by atoms with Crippen LogP contribution >= 0.6 is 0 Å². The Balaban J connectivity index is 1.42. The van der Waals surface area contributed by atoms with E-state index < -0.39 is 0 Å². The monoisotopic (exact) mass is 229 g/mol. The summed E-state index contributed by atoms with van der Waals surface area (Å²) in [4.78, 5) is 0. The van der Waals surface area contributed by atoms with Crippen molar-refractivity contribution in [2.45, 2.75) is 25.3 Å². The molecule has 16 heavy (non-hydrogen) atoms. The minimum Gasteiger partial charge on any atom is -0.381 e. The number of rotatable bonds is 6. The maximum Gasteiger partial charge on any atom is 0.0619 e. The van der Waals surface area contributed by atoms with Crippen molar-refractivity contribution < 1.29 is 14.2 Å².